The van der Waals surface area contributed by atoms with Crippen molar-refractivity contribution in [3.8, 4) is 0 Å². The van der Waals surface area contributed by atoms with Gasteiger partial charge in [-0.2, -0.15) is 0 Å². The molecule has 5 unspecified atom stereocenters. The predicted molar refractivity (Wildman–Crippen MR) is 173 cm³/mol. The lowest BCUT2D eigenvalue weighted by molar-refractivity contribution is -0.141. The van der Waals surface area contributed by atoms with Crippen LogP contribution in [-0.4, -0.2) is 105 Å². The second kappa shape index (κ2) is 14.1. The second-order valence-electron chi connectivity index (χ2n) is 13.8. The number of nitrogens with two attached hydrogens (primary N) is 1. The molecule has 4 aliphatic rings. The number of morpholine rings is 1. The molecule has 3 aliphatic heterocycles. The Kier molecular flexibility index (Phi) is 10.5. The molecule has 3 fully saturated rings. The fraction of sp³-hybridized carbons (Fsp3) is 0.735. The van der Waals surface area contributed by atoms with E-state index < -0.39 is 0 Å². The van der Waals surface area contributed by atoms with Crippen molar-refractivity contribution in [3.63, 3.8) is 0 Å². The Hall–Kier alpha value is -2.49. The maximum Gasteiger partial charge on any atom is 0.251 e. The molecule has 0 spiro atoms. The molecule has 5 atom stereocenters. The largest absolute Gasteiger partial charge is 0.379 e. The number of nitrogens with zero attached hydrogens (tertiary/aromatic N) is 4. The number of hydrogen-bond donors (Lipinski definition) is 2. The molecule has 2 amide bonds. The summed E-state index contributed by atoms with van der Waals surface area (Å²) in [4.78, 5) is 38.6. The standard InChI is InChI=1S/C34H54N6O3/c1-22-16-23(2)38(4)34(42)31(22)20-37-33(41)30-17-26(18-32(24(30)3)39(5)29-10-7-27(35)8-11-29)25-6-9-28(36-19-25)21-40-12-14-43-15-13-40/h17-19,22-23,25,27-29,31H,6-16,20-21,35H2,1-5H3,(H,37,41). The lowest BCUT2D eigenvalue weighted by Gasteiger charge is -2.39. The van der Waals surface area contributed by atoms with Gasteiger partial charge in [-0.25, -0.2) is 0 Å². The van der Waals surface area contributed by atoms with E-state index in [1.807, 2.05) is 11.9 Å². The zero-order valence-corrected chi connectivity index (χ0v) is 27.1. The van der Waals surface area contributed by atoms with Crippen molar-refractivity contribution in [2.24, 2.45) is 22.6 Å². The summed E-state index contributed by atoms with van der Waals surface area (Å²) < 4.78 is 5.51. The van der Waals surface area contributed by atoms with E-state index in [2.05, 4.69) is 61.3 Å². The summed E-state index contributed by atoms with van der Waals surface area (Å²) in [6, 6.07) is 5.61. The van der Waals surface area contributed by atoms with Crippen molar-refractivity contribution >= 4 is 23.7 Å². The summed E-state index contributed by atoms with van der Waals surface area (Å²) in [5.74, 6) is 0.234. The summed E-state index contributed by atoms with van der Waals surface area (Å²) in [5, 5.41) is 3.17. The maximum atomic E-state index is 13.8. The molecule has 1 aliphatic carbocycles. The molecule has 43 heavy (non-hydrogen) atoms. The summed E-state index contributed by atoms with van der Waals surface area (Å²) in [7, 11) is 4.04. The number of aliphatic imine (C=N–C) groups is 1. The Balaban J connectivity index is 1.36. The molecule has 0 aromatic heterocycles. The Labute approximate surface area is 258 Å². The van der Waals surface area contributed by atoms with Gasteiger partial charge >= 0.3 is 0 Å². The number of rotatable bonds is 8. The number of ether oxygens (including phenoxy) is 1. The molecule has 0 bridgehead atoms. The predicted octanol–water partition coefficient (Wildman–Crippen LogP) is 3.58. The van der Waals surface area contributed by atoms with Crippen molar-refractivity contribution in [1.29, 1.82) is 0 Å². The number of benzene rings is 1. The third-order valence-electron chi connectivity index (χ3n) is 10.8. The Morgan fingerprint density at radius 2 is 1.84 bits per heavy atom. The average molecular weight is 595 g/mol. The van der Waals surface area contributed by atoms with Gasteiger partial charge in [0, 0.05) is 81.8 Å². The normalized spacial score (nSPS) is 32.1. The molecule has 3 heterocycles. The van der Waals surface area contributed by atoms with E-state index in [1.165, 1.54) is 0 Å². The first-order valence-electron chi connectivity index (χ1n) is 16.6. The van der Waals surface area contributed by atoms with E-state index in [4.69, 9.17) is 15.5 Å². The molecule has 9 nitrogen and oxygen atoms in total. The van der Waals surface area contributed by atoms with Crippen LogP contribution in [0.25, 0.3) is 0 Å². The van der Waals surface area contributed by atoms with Gasteiger partial charge in [-0.05, 0) is 88.0 Å². The maximum absolute atomic E-state index is 13.8. The Morgan fingerprint density at radius 3 is 2.51 bits per heavy atom. The SMILES string of the molecule is Cc1c(C(=O)NCC2C(=O)N(C)C(C)CC2C)cc(C2C=NC(CN3CCOCC3)CC2)cc1N(C)C1CCC(N)CC1. The van der Waals surface area contributed by atoms with Crippen LogP contribution in [0.3, 0.4) is 0 Å². The topological polar surface area (TPSA) is 104 Å². The Bertz CT molecular complexity index is 1160. The second-order valence-corrected chi connectivity index (χ2v) is 13.8. The zero-order valence-electron chi connectivity index (χ0n) is 27.1. The molecule has 1 aromatic carbocycles. The fourth-order valence-corrected chi connectivity index (χ4v) is 7.61. The lowest BCUT2D eigenvalue weighted by Crippen LogP contribution is -2.51. The van der Waals surface area contributed by atoms with Crippen LogP contribution in [0.15, 0.2) is 17.1 Å². The first kappa shape index (κ1) is 31.9. The van der Waals surface area contributed by atoms with Crippen molar-refractivity contribution in [2.45, 2.75) is 95.8 Å². The van der Waals surface area contributed by atoms with Crippen LogP contribution in [0, 0.1) is 18.8 Å². The number of amides is 2. The van der Waals surface area contributed by atoms with Crippen LogP contribution in [0.5, 0.6) is 0 Å². The number of nitrogens with one attached hydrogen (secondary N) is 1. The molecular formula is C34H54N6O3. The number of carbonyl (C=O) groups is 2. The minimum Gasteiger partial charge on any atom is -0.379 e. The summed E-state index contributed by atoms with van der Waals surface area (Å²) in [6.07, 6.45) is 9.31. The quantitative estimate of drug-likeness (QED) is 0.477. The summed E-state index contributed by atoms with van der Waals surface area (Å²) in [5.41, 5.74) is 10.2. The van der Waals surface area contributed by atoms with Crippen LogP contribution in [0.4, 0.5) is 5.69 Å². The molecule has 1 saturated carbocycles. The first-order valence-corrected chi connectivity index (χ1v) is 16.6. The third kappa shape index (κ3) is 7.43. The highest BCUT2D eigenvalue weighted by molar-refractivity contribution is 5.98. The van der Waals surface area contributed by atoms with Crippen LogP contribution >= 0.6 is 0 Å². The van der Waals surface area contributed by atoms with Crippen LogP contribution in [-0.2, 0) is 9.53 Å². The smallest absolute Gasteiger partial charge is 0.251 e. The Morgan fingerprint density at radius 1 is 1.12 bits per heavy atom. The molecule has 2 saturated heterocycles. The van der Waals surface area contributed by atoms with Gasteiger partial charge in [0.1, 0.15) is 0 Å². The van der Waals surface area contributed by atoms with Crippen LogP contribution in [0.1, 0.15) is 86.2 Å². The summed E-state index contributed by atoms with van der Waals surface area (Å²) >= 11 is 0. The number of carbonyl (C=O) groups excluding carboxylic acids is 2. The molecule has 1 aromatic rings. The van der Waals surface area contributed by atoms with Crippen molar-refractivity contribution in [1.82, 2.24) is 15.1 Å². The van der Waals surface area contributed by atoms with Gasteiger partial charge in [0.15, 0.2) is 0 Å². The van der Waals surface area contributed by atoms with Gasteiger partial charge in [0.05, 0.1) is 25.2 Å². The highest BCUT2D eigenvalue weighted by atomic mass is 16.5. The van der Waals surface area contributed by atoms with Gasteiger partial charge in [0.2, 0.25) is 5.91 Å². The molecule has 3 N–H and O–H groups in total. The van der Waals surface area contributed by atoms with Crippen molar-refractivity contribution < 1.29 is 14.3 Å². The highest BCUT2D eigenvalue weighted by Gasteiger charge is 2.36. The highest BCUT2D eigenvalue weighted by Crippen LogP contribution is 2.35. The fourth-order valence-electron chi connectivity index (χ4n) is 7.61. The van der Waals surface area contributed by atoms with E-state index in [-0.39, 0.29) is 41.7 Å². The third-order valence-corrected chi connectivity index (χ3v) is 10.8. The van der Waals surface area contributed by atoms with E-state index in [0.717, 1.165) is 94.6 Å². The minimum atomic E-state index is -0.198. The van der Waals surface area contributed by atoms with E-state index >= 15 is 0 Å². The molecule has 9 heteroatoms. The van der Waals surface area contributed by atoms with Crippen LogP contribution < -0.4 is 16.0 Å². The molecule has 0 radical (unpaired) electrons. The van der Waals surface area contributed by atoms with Crippen LogP contribution in [0.2, 0.25) is 0 Å². The average Bonchev–Trinajstić information content (AvgIpc) is 3.01. The van der Waals surface area contributed by atoms with Gasteiger partial charge in [-0.15, -0.1) is 0 Å². The van der Waals surface area contributed by atoms with Crippen molar-refractivity contribution in [3.05, 3.63) is 28.8 Å². The van der Waals surface area contributed by atoms with E-state index in [1.54, 1.807) is 0 Å². The zero-order chi connectivity index (χ0) is 30.7. The van der Waals surface area contributed by atoms with Gasteiger partial charge in [-0.1, -0.05) is 6.92 Å². The van der Waals surface area contributed by atoms with Gasteiger partial charge in [0.25, 0.3) is 5.91 Å². The van der Waals surface area contributed by atoms with Crippen molar-refractivity contribution in [2.75, 3.05) is 58.4 Å². The molecular weight excluding hydrogens is 540 g/mol. The first-order chi connectivity index (χ1) is 20.6. The van der Waals surface area contributed by atoms with Gasteiger partial charge < -0.3 is 25.6 Å². The molecule has 238 valence electrons. The lowest BCUT2D eigenvalue weighted by atomic mass is 9.83. The minimum absolute atomic E-state index is 0.0983. The van der Waals surface area contributed by atoms with E-state index in [0.29, 0.717) is 24.2 Å². The van der Waals surface area contributed by atoms with E-state index in [9.17, 15) is 9.59 Å². The number of hydrogen-bond acceptors (Lipinski definition) is 7. The monoisotopic (exact) mass is 594 g/mol. The number of piperidine rings is 1. The summed E-state index contributed by atoms with van der Waals surface area (Å²) in [6.45, 7) is 11.2. The molecule has 5 rings (SSSR count). The number of likely N-dealkylation sites (tertiary alicyclic amines) is 1. The van der Waals surface area contributed by atoms with Gasteiger partial charge in [-0.3, -0.25) is 19.5 Å². The number of anilines is 1.